The van der Waals surface area contributed by atoms with Gasteiger partial charge >= 0.3 is 0 Å². The molecule has 1 atom stereocenters. The summed E-state index contributed by atoms with van der Waals surface area (Å²) in [5, 5.41) is 0. The number of aliphatic imine (C=N–C) groups is 1. The molecule has 1 aliphatic carbocycles. The third-order valence-corrected chi connectivity index (χ3v) is 5.17. The number of nitrogens with zero attached hydrogens (tertiary/aromatic N) is 5. The van der Waals surface area contributed by atoms with Crippen molar-refractivity contribution in [2.75, 3.05) is 37.6 Å². The lowest BCUT2D eigenvalue weighted by Crippen LogP contribution is -2.51. The number of anilines is 1. The van der Waals surface area contributed by atoms with Crippen LogP contribution < -0.4 is 10.6 Å². The van der Waals surface area contributed by atoms with Gasteiger partial charge in [-0.25, -0.2) is 9.97 Å². The van der Waals surface area contributed by atoms with E-state index in [-0.39, 0.29) is 0 Å². The van der Waals surface area contributed by atoms with Gasteiger partial charge < -0.3 is 15.5 Å². The van der Waals surface area contributed by atoms with Crippen LogP contribution in [0.4, 0.5) is 5.95 Å². The molecule has 0 saturated carbocycles. The Morgan fingerprint density at radius 2 is 1.84 bits per heavy atom. The molecule has 1 aromatic carbocycles. The van der Waals surface area contributed by atoms with Crippen molar-refractivity contribution >= 4 is 11.9 Å². The van der Waals surface area contributed by atoms with Crippen molar-refractivity contribution in [2.45, 2.75) is 18.8 Å². The lowest BCUT2D eigenvalue weighted by atomic mass is 10.0. The van der Waals surface area contributed by atoms with Gasteiger partial charge in [0.25, 0.3) is 0 Å². The fourth-order valence-corrected chi connectivity index (χ4v) is 3.73. The largest absolute Gasteiger partial charge is 0.370 e. The number of aromatic nitrogens is 2. The molecule has 1 aromatic heterocycles. The summed E-state index contributed by atoms with van der Waals surface area (Å²) in [5.74, 6) is 1.96. The highest BCUT2D eigenvalue weighted by molar-refractivity contribution is 5.78. The second kappa shape index (κ2) is 7.09. The van der Waals surface area contributed by atoms with Crippen LogP contribution in [0.25, 0.3) is 0 Å². The van der Waals surface area contributed by atoms with Gasteiger partial charge in [-0.15, -0.1) is 0 Å². The molecule has 130 valence electrons. The molecule has 2 aliphatic rings. The molecule has 0 radical (unpaired) electrons. The van der Waals surface area contributed by atoms with Crippen molar-refractivity contribution in [1.82, 2.24) is 14.9 Å². The molecule has 6 heteroatoms. The number of piperazine rings is 1. The van der Waals surface area contributed by atoms with Gasteiger partial charge in [0.1, 0.15) is 0 Å². The first-order valence-electron chi connectivity index (χ1n) is 8.96. The number of aryl methyl sites for hydroxylation is 1. The molecule has 0 bridgehead atoms. The van der Waals surface area contributed by atoms with E-state index < -0.39 is 0 Å². The monoisotopic (exact) mass is 336 g/mol. The second-order valence-corrected chi connectivity index (χ2v) is 6.66. The predicted molar refractivity (Wildman–Crippen MR) is 99.8 cm³/mol. The predicted octanol–water partition coefficient (Wildman–Crippen LogP) is 1.64. The fourth-order valence-electron chi connectivity index (χ4n) is 3.73. The number of benzene rings is 1. The topological polar surface area (TPSA) is 70.6 Å². The fraction of sp³-hybridized carbons (Fsp3) is 0.421. The van der Waals surface area contributed by atoms with Crippen LogP contribution in [0.3, 0.4) is 0 Å². The lowest BCUT2D eigenvalue weighted by Gasteiger charge is -2.35. The maximum Gasteiger partial charge on any atom is 0.225 e. The van der Waals surface area contributed by atoms with Crippen LogP contribution in [0.5, 0.6) is 0 Å². The molecule has 1 unspecified atom stereocenters. The first-order chi connectivity index (χ1) is 12.3. The summed E-state index contributed by atoms with van der Waals surface area (Å²) in [4.78, 5) is 17.7. The SMILES string of the molecule is NC(=NCC1CCc2ccccc21)N1CCN(c2ncccn2)CC1. The molecular formula is C19H24N6. The molecule has 25 heavy (non-hydrogen) atoms. The lowest BCUT2D eigenvalue weighted by molar-refractivity contribution is 0.377. The first-order valence-corrected chi connectivity index (χ1v) is 8.96. The Morgan fingerprint density at radius 3 is 2.64 bits per heavy atom. The van der Waals surface area contributed by atoms with Gasteiger partial charge in [0.15, 0.2) is 5.96 Å². The first kappa shape index (κ1) is 15.9. The van der Waals surface area contributed by atoms with Crippen LogP contribution in [0.15, 0.2) is 47.7 Å². The number of hydrogen-bond donors (Lipinski definition) is 1. The third kappa shape index (κ3) is 3.43. The minimum absolute atomic E-state index is 0.508. The standard InChI is InChI=1S/C19H24N6/c20-18(23-14-16-7-6-15-4-1-2-5-17(15)16)24-10-12-25(13-11-24)19-21-8-3-9-22-19/h1-5,8-9,16H,6-7,10-14H2,(H2,20,23). The van der Waals surface area contributed by atoms with Gasteiger partial charge in [-0.3, -0.25) is 4.99 Å². The molecule has 2 aromatic rings. The zero-order valence-electron chi connectivity index (χ0n) is 14.4. The third-order valence-electron chi connectivity index (χ3n) is 5.17. The summed E-state index contributed by atoms with van der Waals surface area (Å²) < 4.78 is 0. The van der Waals surface area contributed by atoms with Crippen LogP contribution in [-0.4, -0.2) is 53.6 Å². The smallest absolute Gasteiger partial charge is 0.225 e. The maximum absolute atomic E-state index is 6.26. The van der Waals surface area contributed by atoms with E-state index in [4.69, 9.17) is 10.7 Å². The highest BCUT2D eigenvalue weighted by Gasteiger charge is 2.23. The van der Waals surface area contributed by atoms with Crippen molar-refractivity contribution in [1.29, 1.82) is 0 Å². The molecular weight excluding hydrogens is 312 g/mol. The number of guanidine groups is 1. The van der Waals surface area contributed by atoms with Crippen LogP contribution in [0, 0.1) is 0 Å². The summed E-state index contributed by atoms with van der Waals surface area (Å²) in [6.07, 6.45) is 5.90. The summed E-state index contributed by atoms with van der Waals surface area (Å²) in [7, 11) is 0. The molecule has 0 spiro atoms. The minimum Gasteiger partial charge on any atom is -0.370 e. The Bertz CT molecular complexity index is 737. The summed E-state index contributed by atoms with van der Waals surface area (Å²) in [6.45, 7) is 4.23. The van der Waals surface area contributed by atoms with E-state index in [1.807, 2.05) is 6.07 Å². The second-order valence-electron chi connectivity index (χ2n) is 6.66. The maximum atomic E-state index is 6.26. The molecule has 1 fully saturated rings. The van der Waals surface area contributed by atoms with Crippen LogP contribution in [0.2, 0.25) is 0 Å². The van der Waals surface area contributed by atoms with Gasteiger partial charge in [-0.2, -0.15) is 0 Å². The normalized spacial score (nSPS) is 20.6. The number of hydrogen-bond acceptors (Lipinski definition) is 4. The molecule has 4 rings (SSSR count). The average molecular weight is 336 g/mol. The Kier molecular flexibility index (Phi) is 4.50. The van der Waals surface area contributed by atoms with Gasteiger partial charge in [-0.1, -0.05) is 24.3 Å². The molecule has 1 aliphatic heterocycles. The molecule has 1 saturated heterocycles. The van der Waals surface area contributed by atoms with Crippen LogP contribution in [-0.2, 0) is 6.42 Å². The Hall–Kier alpha value is -2.63. The van der Waals surface area contributed by atoms with Crippen molar-refractivity contribution in [2.24, 2.45) is 10.7 Å². The summed E-state index contributed by atoms with van der Waals surface area (Å²) in [5.41, 5.74) is 9.18. The molecule has 0 amide bonds. The van der Waals surface area contributed by atoms with E-state index in [9.17, 15) is 0 Å². The Balaban J connectivity index is 1.33. The summed E-state index contributed by atoms with van der Waals surface area (Å²) in [6, 6.07) is 10.5. The highest BCUT2D eigenvalue weighted by Crippen LogP contribution is 2.32. The van der Waals surface area contributed by atoms with Crippen molar-refractivity contribution in [3.8, 4) is 0 Å². The van der Waals surface area contributed by atoms with Crippen LogP contribution >= 0.6 is 0 Å². The van der Waals surface area contributed by atoms with Crippen LogP contribution in [0.1, 0.15) is 23.5 Å². The number of nitrogens with two attached hydrogens (primary N) is 1. The minimum atomic E-state index is 0.508. The molecule has 6 nitrogen and oxygen atoms in total. The zero-order valence-corrected chi connectivity index (χ0v) is 14.4. The number of fused-ring (bicyclic) bond motifs is 1. The van der Waals surface area contributed by atoms with Crippen molar-refractivity contribution in [3.63, 3.8) is 0 Å². The Morgan fingerprint density at radius 1 is 1.08 bits per heavy atom. The highest BCUT2D eigenvalue weighted by atomic mass is 15.3. The zero-order chi connectivity index (χ0) is 17.1. The quantitative estimate of drug-likeness (QED) is 0.682. The van der Waals surface area contributed by atoms with E-state index in [0.29, 0.717) is 11.9 Å². The Labute approximate surface area is 148 Å². The van der Waals surface area contributed by atoms with E-state index in [2.05, 4.69) is 44.0 Å². The van der Waals surface area contributed by atoms with Gasteiger partial charge in [0.2, 0.25) is 5.95 Å². The molecule has 2 N–H and O–H groups in total. The summed E-state index contributed by atoms with van der Waals surface area (Å²) >= 11 is 0. The van der Waals surface area contributed by atoms with E-state index in [0.717, 1.165) is 45.1 Å². The number of rotatable bonds is 3. The average Bonchev–Trinajstić information content (AvgIpc) is 3.10. The van der Waals surface area contributed by atoms with Crippen molar-refractivity contribution < 1.29 is 0 Å². The van der Waals surface area contributed by atoms with Crippen molar-refractivity contribution in [3.05, 3.63) is 53.9 Å². The van der Waals surface area contributed by atoms with E-state index in [1.54, 1.807) is 12.4 Å². The van der Waals surface area contributed by atoms with Gasteiger partial charge in [0, 0.05) is 51.0 Å². The van der Waals surface area contributed by atoms with Gasteiger partial charge in [-0.05, 0) is 30.0 Å². The van der Waals surface area contributed by atoms with E-state index >= 15 is 0 Å². The van der Waals surface area contributed by atoms with E-state index in [1.165, 1.54) is 17.5 Å². The van der Waals surface area contributed by atoms with Gasteiger partial charge in [0.05, 0.1) is 0 Å². The molecule has 2 heterocycles.